The molecular weight excluding hydrogens is 654 g/mol. The standard InChI is InChI=1S/C44H47NO7/c1-29(2)51-38-22-19-35(44(46)49-6)27-39(38)52-36-20-17-31(18-21-36)25-37-41-34(23-24-45(37)30(3)33-15-11-8-12-16-33)26-40(47-4)42(48-5)43(41)50-28-32-13-9-7-10-14-32/h7-22,26-27,29-30,37H,23-25,28H2,1-6H3/t30-,37-/m0/s1. The zero-order valence-corrected chi connectivity index (χ0v) is 30.8. The topological polar surface area (TPSA) is 75.7 Å². The predicted octanol–water partition coefficient (Wildman–Crippen LogP) is 9.55. The molecule has 2 atom stereocenters. The summed E-state index contributed by atoms with van der Waals surface area (Å²) in [6.45, 7) is 7.42. The Morgan fingerprint density at radius 3 is 2.12 bits per heavy atom. The molecule has 0 saturated carbocycles. The molecule has 0 bridgehead atoms. The van der Waals surface area contributed by atoms with Gasteiger partial charge in [-0.25, -0.2) is 4.79 Å². The van der Waals surface area contributed by atoms with Gasteiger partial charge in [0.25, 0.3) is 0 Å². The fourth-order valence-electron chi connectivity index (χ4n) is 6.88. The van der Waals surface area contributed by atoms with Crippen LogP contribution in [0.4, 0.5) is 0 Å². The number of nitrogens with zero attached hydrogens (tertiary/aromatic N) is 1. The Morgan fingerprint density at radius 1 is 0.750 bits per heavy atom. The van der Waals surface area contributed by atoms with E-state index in [-0.39, 0.29) is 18.2 Å². The van der Waals surface area contributed by atoms with E-state index in [9.17, 15) is 4.79 Å². The SMILES string of the molecule is COC(=O)c1ccc(OC(C)C)c(Oc2ccc(C[C@H]3c4c(cc(OC)c(OC)c4OCc4ccccc4)CCN3[C@@H](C)c3ccccc3)cc2)c1. The van der Waals surface area contributed by atoms with Crippen LogP contribution in [0.15, 0.2) is 109 Å². The highest BCUT2D eigenvalue weighted by Crippen LogP contribution is 2.50. The van der Waals surface area contributed by atoms with Crippen LogP contribution >= 0.6 is 0 Å². The molecule has 0 amide bonds. The van der Waals surface area contributed by atoms with E-state index in [0.717, 1.165) is 29.7 Å². The molecule has 0 unspecified atom stereocenters. The minimum atomic E-state index is -0.445. The summed E-state index contributed by atoms with van der Waals surface area (Å²) in [4.78, 5) is 14.9. The molecule has 0 radical (unpaired) electrons. The summed E-state index contributed by atoms with van der Waals surface area (Å²) >= 11 is 0. The fourth-order valence-corrected chi connectivity index (χ4v) is 6.88. The summed E-state index contributed by atoms with van der Waals surface area (Å²) in [5.41, 5.74) is 6.12. The molecule has 0 saturated heterocycles. The van der Waals surface area contributed by atoms with Gasteiger partial charge in [0, 0.05) is 24.2 Å². The third-order valence-corrected chi connectivity index (χ3v) is 9.44. The van der Waals surface area contributed by atoms with Crippen molar-refractivity contribution in [2.75, 3.05) is 27.9 Å². The fraction of sp³-hybridized carbons (Fsp3) is 0.295. The van der Waals surface area contributed by atoms with Crippen molar-refractivity contribution in [2.45, 2.75) is 58.4 Å². The molecule has 0 aliphatic carbocycles. The zero-order chi connectivity index (χ0) is 36.6. The van der Waals surface area contributed by atoms with Crippen LogP contribution < -0.4 is 23.7 Å². The molecule has 5 aromatic carbocycles. The van der Waals surface area contributed by atoms with Crippen molar-refractivity contribution in [1.82, 2.24) is 4.90 Å². The number of esters is 1. The third kappa shape index (κ3) is 8.19. The second-order valence-corrected chi connectivity index (χ2v) is 13.1. The third-order valence-electron chi connectivity index (χ3n) is 9.44. The van der Waals surface area contributed by atoms with Crippen LogP contribution in [0.3, 0.4) is 0 Å². The van der Waals surface area contributed by atoms with E-state index in [2.05, 4.69) is 72.5 Å². The first-order chi connectivity index (χ1) is 25.3. The quantitative estimate of drug-likeness (QED) is 0.106. The van der Waals surface area contributed by atoms with Crippen LogP contribution in [-0.2, 0) is 24.2 Å². The van der Waals surface area contributed by atoms with Gasteiger partial charge < -0.3 is 28.4 Å². The molecule has 0 N–H and O–H groups in total. The first-order valence-corrected chi connectivity index (χ1v) is 17.7. The molecule has 0 aromatic heterocycles. The average molecular weight is 702 g/mol. The van der Waals surface area contributed by atoms with Crippen molar-refractivity contribution in [2.24, 2.45) is 0 Å². The van der Waals surface area contributed by atoms with Crippen LogP contribution in [0, 0.1) is 0 Å². The Balaban J connectivity index is 1.37. The number of ether oxygens (including phenoxy) is 6. The van der Waals surface area contributed by atoms with Crippen molar-refractivity contribution in [3.63, 3.8) is 0 Å². The van der Waals surface area contributed by atoms with Gasteiger partial charge >= 0.3 is 5.97 Å². The number of methoxy groups -OCH3 is 3. The zero-order valence-electron chi connectivity index (χ0n) is 30.8. The highest BCUT2D eigenvalue weighted by atomic mass is 16.5. The molecule has 1 aliphatic heterocycles. The van der Waals surface area contributed by atoms with Gasteiger partial charge in [-0.15, -0.1) is 0 Å². The van der Waals surface area contributed by atoms with E-state index in [1.54, 1.807) is 32.4 Å². The van der Waals surface area contributed by atoms with Gasteiger partial charge in [0.05, 0.1) is 33.0 Å². The average Bonchev–Trinajstić information content (AvgIpc) is 3.17. The lowest BCUT2D eigenvalue weighted by Crippen LogP contribution is -2.39. The van der Waals surface area contributed by atoms with E-state index in [4.69, 9.17) is 28.4 Å². The van der Waals surface area contributed by atoms with E-state index < -0.39 is 5.97 Å². The molecular formula is C44H47NO7. The lowest BCUT2D eigenvalue weighted by Gasteiger charge is -2.42. The predicted molar refractivity (Wildman–Crippen MR) is 202 cm³/mol. The van der Waals surface area contributed by atoms with E-state index in [0.29, 0.717) is 53.1 Å². The Labute approximate surface area is 306 Å². The summed E-state index contributed by atoms with van der Waals surface area (Å²) in [6, 6.07) is 36.1. The normalized spacial score (nSPS) is 14.6. The summed E-state index contributed by atoms with van der Waals surface area (Å²) in [6.07, 6.45) is 1.47. The lowest BCUT2D eigenvalue weighted by molar-refractivity contribution is 0.0600. The van der Waals surface area contributed by atoms with Gasteiger partial charge in [-0.3, -0.25) is 4.90 Å². The monoisotopic (exact) mass is 701 g/mol. The molecule has 1 heterocycles. The smallest absolute Gasteiger partial charge is 0.337 e. The van der Waals surface area contributed by atoms with E-state index >= 15 is 0 Å². The highest BCUT2D eigenvalue weighted by Gasteiger charge is 2.36. The van der Waals surface area contributed by atoms with Crippen LogP contribution in [-0.4, -0.2) is 44.8 Å². The highest BCUT2D eigenvalue weighted by molar-refractivity contribution is 5.90. The van der Waals surface area contributed by atoms with Gasteiger partial charge in [0.1, 0.15) is 12.4 Å². The van der Waals surface area contributed by atoms with Crippen molar-refractivity contribution >= 4 is 5.97 Å². The molecule has 5 aromatic rings. The molecule has 6 rings (SSSR count). The van der Waals surface area contributed by atoms with Crippen LogP contribution in [0.25, 0.3) is 0 Å². The van der Waals surface area contributed by atoms with Gasteiger partial charge in [-0.1, -0.05) is 72.8 Å². The number of carbonyl (C=O) groups is 1. The number of fused-ring (bicyclic) bond motifs is 1. The molecule has 1 aliphatic rings. The van der Waals surface area contributed by atoms with E-state index in [1.807, 2.05) is 44.2 Å². The van der Waals surface area contributed by atoms with Crippen LogP contribution in [0.1, 0.15) is 71.0 Å². The van der Waals surface area contributed by atoms with Crippen molar-refractivity contribution in [3.8, 4) is 34.5 Å². The summed E-state index contributed by atoms with van der Waals surface area (Å²) in [7, 11) is 4.69. The second-order valence-electron chi connectivity index (χ2n) is 13.1. The van der Waals surface area contributed by atoms with Crippen molar-refractivity contribution in [3.05, 3.63) is 143 Å². The molecule has 270 valence electrons. The largest absolute Gasteiger partial charge is 0.493 e. The number of hydrogen-bond donors (Lipinski definition) is 0. The first-order valence-electron chi connectivity index (χ1n) is 17.7. The second kappa shape index (κ2) is 16.7. The number of benzene rings is 5. The van der Waals surface area contributed by atoms with Crippen LogP contribution in [0.5, 0.6) is 34.5 Å². The Hall–Kier alpha value is -5.47. The van der Waals surface area contributed by atoms with Gasteiger partial charge in [0.2, 0.25) is 5.75 Å². The summed E-state index contributed by atoms with van der Waals surface area (Å²) < 4.78 is 35.8. The Bertz CT molecular complexity index is 1940. The van der Waals surface area contributed by atoms with Crippen molar-refractivity contribution < 1.29 is 33.2 Å². The molecule has 52 heavy (non-hydrogen) atoms. The van der Waals surface area contributed by atoms with Gasteiger partial charge in [-0.2, -0.15) is 0 Å². The minimum absolute atomic E-state index is 0.0425. The van der Waals surface area contributed by atoms with Crippen molar-refractivity contribution in [1.29, 1.82) is 0 Å². The Morgan fingerprint density at radius 2 is 1.46 bits per heavy atom. The molecule has 8 heteroatoms. The maximum Gasteiger partial charge on any atom is 0.337 e. The maximum absolute atomic E-state index is 12.3. The molecule has 0 spiro atoms. The molecule has 0 fully saturated rings. The summed E-state index contributed by atoms with van der Waals surface area (Å²) in [5.74, 6) is 3.12. The van der Waals surface area contributed by atoms with E-state index in [1.165, 1.54) is 18.2 Å². The Kier molecular flexibility index (Phi) is 11.7. The minimum Gasteiger partial charge on any atom is -0.493 e. The van der Waals surface area contributed by atoms with Gasteiger partial charge in [-0.05, 0) is 92.3 Å². The first kappa shape index (κ1) is 36.3. The summed E-state index contributed by atoms with van der Waals surface area (Å²) in [5, 5.41) is 0. The maximum atomic E-state index is 12.3. The number of rotatable bonds is 14. The molecule has 8 nitrogen and oxygen atoms in total. The number of hydrogen-bond acceptors (Lipinski definition) is 8. The number of carbonyl (C=O) groups excluding carboxylic acids is 1. The van der Waals surface area contributed by atoms with Crippen LogP contribution in [0.2, 0.25) is 0 Å². The lowest BCUT2D eigenvalue weighted by atomic mass is 9.85. The van der Waals surface area contributed by atoms with Gasteiger partial charge in [0.15, 0.2) is 23.0 Å².